The van der Waals surface area contributed by atoms with E-state index in [0.29, 0.717) is 12.2 Å². The maximum absolute atomic E-state index is 12.0. The first-order valence-electron chi connectivity index (χ1n) is 7.49. The smallest absolute Gasteiger partial charge is 0.271 e. The van der Waals surface area contributed by atoms with Gasteiger partial charge in [0, 0.05) is 31.5 Å². The summed E-state index contributed by atoms with van der Waals surface area (Å²) in [5, 5.41) is 2.89. The van der Waals surface area contributed by atoms with Crippen LogP contribution in [-0.4, -0.2) is 35.5 Å². The van der Waals surface area contributed by atoms with E-state index in [1.807, 2.05) is 19.1 Å². The van der Waals surface area contributed by atoms with Crippen LogP contribution in [0.5, 0.6) is 0 Å². The van der Waals surface area contributed by atoms with Crippen molar-refractivity contribution in [3.8, 4) is 0 Å². The Bertz CT molecular complexity index is 625. The second kappa shape index (κ2) is 7.54. The molecule has 0 bridgehead atoms. The monoisotopic (exact) mass is 298 g/mol. The number of nitrogens with zero attached hydrogens (tertiary/aromatic N) is 3. The molecule has 2 aromatic rings. The van der Waals surface area contributed by atoms with E-state index in [-0.39, 0.29) is 5.91 Å². The minimum absolute atomic E-state index is 0.187. The van der Waals surface area contributed by atoms with Crippen molar-refractivity contribution < 1.29 is 4.79 Å². The molecule has 1 amide bonds. The number of hydrogen-bond acceptors (Lipinski definition) is 4. The molecule has 1 heterocycles. The van der Waals surface area contributed by atoms with Crippen molar-refractivity contribution in [2.45, 2.75) is 20.8 Å². The van der Waals surface area contributed by atoms with Crippen LogP contribution < -0.4 is 10.2 Å². The third-order valence-corrected chi connectivity index (χ3v) is 3.52. The van der Waals surface area contributed by atoms with Crippen LogP contribution in [0.2, 0.25) is 0 Å². The fraction of sp³-hybridized carbons (Fsp3) is 0.353. The number of benzene rings is 1. The summed E-state index contributed by atoms with van der Waals surface area (Å²) in [4.78, 5) is 22.4. The van der Waals surface area contributed by atoms with Gasteiger partial charge >= 0.3 is 0 Å². The van der Waals surface area contributed by atoms with Gasteiger partial charge in [-0.15, -0.1) is 0 Å². The second-order valence-electron chi connectivity index (χ2n) is 5.17. The van der Waals surface area contributed by atoms with Crippen molar-refractivity contribution in [2.24, 2.45) is 0 Å². The molecule has 116 valence electrons. The third kappa shape index (κ3) is 4.04. The number of aryl methyl sites for hydroxylation is 2. The van der Waals surface area contributed by atoms with Crippen LogP contribution in [0.3, 0.4) is 0 Å². The van der Waals surface area contributed by atoms with Gasteiger partial charge in [-0.25, -0.2) is 4.98 Å². The lowest BCUT2D eigenvalue weighted by Crippen LogP contribution is -2.35. The quantitative estimate of drug-likeness (QED) is 0.889. The number of anilines is 1. The maximum atomic E-state index is 12.0. The van der Waals surface area contributed by atoms with Crippen molar-refractivity contribution in [1.29, 1.82) is 0 Å². The lowest BCUT2D eigenvalue weighted by atomic mass is 10.2. The van der Waals surface area contributed by atoms with Crippen LogP contribution in [0.1, 0.15) is 28.7 Å². The van der Waals surface area contributed by atoms with E-state index in [1.54, 1.807) is 6.20 Å². The number of carbonyl (C=O) groups is 1. The van der Waals surface area contributed by atoms with Gasteiger partial charge < -0.3 is 10.2 Å². The number of amides is 1. The molecule has 0 saturated carbocycles. The molecule has 0 fully saturated rings. The van der Waals surface area contributed by atoms with Gasteiger partial charge in [-0.2, -0.15) is 0 Å². The Balaban J connectivity index is 1.90. The predicted octanol–water partition coefficient (Wildman–Crippen LogP) is 2.35. The summed E-state index contributed by atoms with van der Waals surface area (Å²) in [6.45, 7) is 8.27. The second-order valence-corrected chi connectivity index (χ2v) is 5.17. The topological polar surface area (TPSA) is 58.1 Å². The fourth-order valence-corrected chi connectivity index (χ4v) is 2.27. The molecule has 0 aliphatic carbocycles. The molecule has 0 unspecified atom stereocenters. The Morgan fingerprint density at radius 1 is 1.18 bits per heavy atom. The van der Waals surface area contributed by atoms with Gasteiger partial charge in [-0.3, -0.25) is 9.78 Å². The van der Waals surface area contributed by atoms with E-state index < -0.39 is 0 Å². The average Bonchev–Trinajstić information content (AvgIpc) is 2.53. The van der Waals surface area contributed by atoms with Crippen molar-refractivity contribution in [3.05, 3.63) is 53.6 Å². The highest BCUT2D eigenvalue weighted by Crippen LogP contribution is 2.18. The first-order chi connectivity index (χ1) is 10.6. The van der Waals surface area contributed by atoms with Gasteiger partial charge in [0.25, 0.3) is 5.91 Å². The van der Waals surface area contributed by atoms with Gasteiger partial charge in [-0.05, 0) is 32.4 Å². The third-order valence-electron chi connectivity index (χ3n) is 3.52. The molecule has 1 aromatic carbocycles. The van der Waals surface area contributed by atoms with Crippen molar-refractivity contribution in [2.75, 3.05) is 24.5 Å². The van der Waals surface area contributed by atoms with Crippen LogP contribution in [0.15, 0.2) is 36.7 Å². The van der Waals surface area contributed by atoms with Gasteiger partial charge in [0.05, 0.1) is 11.9 Å². The number of rotatable bonds is 6. The highest BCUT2D eigenvalue weighted by Gasteiger charge is 2.09. The van der Waals surface area contributed by atoms with Crippen LogP contribution in [-0.2, 0) is 0 Å². The standard InChI is InChI=1S/C17H22N4O/c1-4-21(16-8-6-5-7-13(16)2)10-9-18-17(22)15-12-19-14(3)11-20-15/h5-8,11-12H,4,9-10H2,1-3H3,(H,18,22). The lowest BCUT2D eigenvalue weighted by molar-refractivity contribution is 0.0949. The molecule has 2 rings (SSSR count). The van der Waals surface area contributed by atoms with E-state index in [2.05, 4.69) is 46.2 Å². The average molecular weight is 298 g/mol. The summed E-state index contributed by atoms with van der Waals surface area (Å²) in [7, 11) is 0. The summed E-state index contributed by atoms with van der Waals surface area (Å²) in [6, 6.07) is 8.26. The van der Waals surface area contributed by atoms with E-state index >= 15 is 0 Å². The summed E-state index contributed by atoms with van der Waals surface area (Å²) in [5.74, 6) is -0.187. The van der Waals surface area contributed by atoms with E-state index in [0.717, 1.165) is 18.8 Å². The summed E-state index contributed by atoms with van der Waals surface area (Å²) < 4.78 is 0. The summed E-state index contributed by atoms with van der Waals surface area (Å²) in [5.41, 5.74) is 3.59. The highest BCUT2D eigenvalue weighted by molar-refractivity contribution is 5.91. The SMILES string of the molecule is CCN(CCNC(=O)c1cnc(C)cn1)c1ccccc1C. The Labute approximate surface area is 131 Å². The Morgan fingerprint density at radius 3 is 2.59 bits per heavy atom. The number of hydrogen-bond donors (Lipinski definition) is 1. The van der Waals surface area contributed by atoms with Gasteiger partial charge in [-0.1, -0.05) is 18.2 Å². The van der Waals surface area contributed by atoms with Gasteiger partial charge in [0.1, 0.15) is 5.69 Å². The van der Waals surface area contributed by atoms with Crippen LogP contribution in [0.25, 0.3) is 0 Å². The van der Waals surface area contributed by atoms with Gasteiger partial charge in [0.15, 0.2) is 0 Å². The number of para-hydroxylation sites is 1. The van der Waals surface area contributed by atoms with Crippen LogP contribution >= 0.6 is 0 Å². The minimum atomic E-state index is -0.187. The van der Waals surface area contributed by atoms with Crippen molar-refractivity contribution in [1.82, 2.24) is 15.3 Å². The normalized spacial score (nSPS) is 10.3. The molecule has 1 aromatic heterocycles. The van der Waals surface area contributed by atoms with Crippen molar-refractivity contribution in [3.63, 3.8) is 0 Å². The molecule has 0 spiro atoms. The molecule has 5 nitrogen and oxygen atoms in total. The zero-order valence-corrected chi connectivity index (χ0v) is 13.3. The molecule has 22 heavy (non-hydrogen) atoms. The fourth-order valence-electron chi connectivity index (χ4n) is 2.27. The van der Waals surface area contributed by atoms with E-state index in [1.165, 1.54) is 17.4 Å². The molecule has 5 heteroatoms. The van der Waals surface area contributed by atoms with Crippen LogP contribution in [0, 0.1) is 13.8 Å². The maximum Gasteiger partial charge on any atom is 0.271 e. The number of nitrogens with one attached hydrogen (secondary N) is 1. The number of likely N-dealkylation sites (N-methyl/N-ethyl adjacent to an activating group) is 1. The number of aromatic nitrogens is 2. The predicted molar refractivity (Wildman–Crippen MR) is 88.2 cm³/mol. The molecule has 0 aliphatic heterocycles. The molecule has 0 atom stereocenters. The molecule has 0 aliphatic rings. The summed E-state index contributed by atoms with van der Waals surface area (Å²) in [6.07, 6.45) is 3.10. The Morgan fingerprint density at radius 2 is 1.95 bits per heavy atom. The first-order valence-corrected chi connectivity index (χ1v) is 7.49. The Hall–Kier alpha value is -2.43. The minimum Gasteiger partial charge on any atom is -0.370 e. The molecule has 0 saturated heterocycles. The van der Waals surface area contributed by atoms with E-state index in [4.69, 9.17) is 0 Å². The molecule has 0 radical (unpaired) electrons. The largest absolute Gasteiger partial charge is 0.370 e. The zero-order chi connectivity index (χ0) is 15.9. The molecular formula is C17H22N4O. The number of carbonyl (C=O) groups excluding carboxylic acids is 1. The molecular weight excluding hydrogens is 276 g/mol. The van der Waals surface area contributed by atoms with Crippen molar-refractivity contribution >= 4 is 11.6 Å². The first kappa shape index (κ1) is 15.9. The summed E-state index contributed by atoms with van der Waals surface area (Å²) >= 11 is 0. The zero-order valence-electron chi connectivity index (χ0n) is 13.3. The lowest BCUT2D eigenvalue weighted by Gasteiger charge is -2.25. The van der Waals surface area contributed by atoms with E-state index in [9.17, 15) is 4.79 Å². The Kier molecular flexibility index (Phi) is 5.47. The molecule has 1 N–H and O–H groups in total. The van der Waals surface area contributed by atoms with Gasteiger partial charge in [0.2, 0.25) is 0 Å². The highest BCUT2D eigenvalue weighted by atomic mass is 16.1. The van der Waals surface area contributed by atoms with Crippen LogP contribution in [0.4, 0.5) is 5.69 Å².